The molecule has 0 saturated carbocycles. The highest BCUT2D eigenvalue weighted by atomic mass is 16.2. The van der Waals surface area contributed by atoms with Crippen molar-refractivity contribution in [3.63, 3.8) is 0 Å². The summed E-state index contributed by atoms with van der Waals surface area (Å²) in [5.41, 5.74) is 5.36. The molecule has 2 aliphatic heterocycles. The predicted molar refractivity (Wildman–Crippen MR) is 109 cm³/mol. The van der Waals surface area contributed by atoms with Gasteiger partial charge in [0.15, 0.2) is 0 Å². The number of nitrogens with two attached hydrogens (primary N) is 1. The quantitative estimate of drug-likeness (QED) is 0.650. The fourth-order valence-corrected chi connectivity index (χ4v) is 4.46. The van der Waals surface area contributed by atoms with Crippen LogP contribution in [-0.4, -0.2) is 65.8 Å². The standard InChI is InChI=1S/C21H38N4O3/c1-14(2)10-17-20(27)25(9-7-23-17)18(11-15(3)4)21(28)24-8-5-6-16(13-24)12-19(22)26/h14-18,23H,5-13H2,1-4H3,(H2,22,26). The molecule has 2 heterocycles. The van der Waals surface area contributed by atoms with Gasteiger partial charge < -0.3 is 20.9 Å². The first-order valence-electron chi connectivity index (χ1n) is 10.8. The average Bonchev–Trinajstić information content (AvgIpc) is 2.60. The number of nitrogens with zero attached hydrogens (tertiary/aromatic N) is 2. The Morgan fingerprint density at radius 2 is 1.89 bits per heavy atom. The van der Waals surface area contributed by atoms with Crippen LogP contribution >= 0.6 is 0 Å². The Balaban J connectivity index is 2.14. The van der Waals surface area contributed by atoms with Crippen LogP contribution in [-0.2, 0) is 14.4 Å². The Morgan fingerprint density at radius 1 is 1.18 bits per heavy atom. The fraction of sp³-hybridized carbons (Fsp3) is 0.857. The molecule has 0 aromatic carbocycles. The molecule has 3 unspecified atom stereocenters. The van der Waals surface area contributed by atoms with E-state index in [1.807, 2.05) is 9.80 Å². The van der Waals surface area contributed by atoms with Crippen molar-refractivity contribution >= 4 is 17.7 Å². The van der Waals surface area contributed by atoms with E-state index in [1.54, 1.807) is 0 Å². The molecule has 3 atom stereocenters. The van der Waals surface area contributed by atoms with Gasteiger partial charge in [-0.05, 0) is 43.4 Å². The molecule has 0 aromatic heterocycles. The molecule has 160 valence electrons. The van der Waals surface area contributed by atoms with Crippen LogP contribution in [0.3, 0.4) is 0 Å². The zero-order valence-electron chi connectivity index (χ0n) is 17.9. The highest BCUT2D eigenvalue weighted by Gasteiger charge is 2.39. The summed E-state index contributed by atoms with van der Waals surface area (Å²) in [6.45, 7) is 10.9. The largest absolute Gasteiger partial charge is 0.370 e. The Bertz CT molecular complexity index is 564. The molecule has 2 aliphatic rings. The Morgan fingerprint density at radius 3 is 2.50 bits per heavy atom. The van der Waals surface area contributed by atoms with E-state index < -0.39 is 6.04 Å². The number of hydrogen-bond donors (Lipinski definition) is 2. The van der Waals surface area contributed by atoms with E-state index in [0.717, 1.165) is 25.8 Å². The molecule has 2 fully saturated rings. The first-order chi connectivity index (χ1) is 13.2. The third kappa shape index (κ3) is 6.19. The van der Waals surface area contributed by atoms with Crippen molar-refractivity contribution in [1.29, 1.82) is 0 Å². The molecule has 0 aliphatic carbocycles. The van der Waals surface area contributed by atoms with Gasteiger partial charge in [-0.15, -0.1) is 0 Å². The summed E-state index contributed by atoms with van der Waals surface area (Å²) in [7, 11) is 0. The lowest BCUT2D eigenvalue weighted by Crippen LogP contribution is -2.62. The maximum Gasteiger partial charge on any atom is 0.245 e. The molecule has 0 bridgehead atoms. The monoisotopic (exact) mass is 394 g/mol. The summed E-state index contributed by atoms with van der Waals surface area (Å²) in [5, 5.41) is 3.32. The van der Waals surface area contributed by atoms with E-state index in [2.05, 4.69) is 33.0 Å². The van der Waals surface area contributed by atoms with Gasteiger partial charge in [0.25, 0.3) is 0 Å². The number of amides is 3. The normalized spacial score (nSPS) is 24.7. The molecular weight excluding hydrogens is 356 g/mol. The topological polar surface area (TPSA) is 95.7 Å². The van der Waals surface area contributed by atoms with Gasteiger partial charge in [0, 0.05) is 32.6 Å². The first kappa shape index (κ1) is 22.7. The second-order valence-electron chi connectivity index (χ2n) is 9.28. The average molecular weight is 395 g/mol. The summed E-state index contributed by atoms with van der Waals surface area (Å²) in [6, 6.07) is -0.628. The number of hydrogen-bond acceptors (Lipinski definition) is 4. The van der Waals surface area contributed by atoms with Gasteiger partial charge >= 0.3 is 0 Å². The third-order valence-electron chi connectivity index (χ3n) is 5.71. The molecular formula is C21H38N4O3. The van der Waals surface area contributed by atoms with Crippen LogP contribution in [0, 0.1) is 17.8 Å². The van der Waals surface area contributed by atoms with Crippen molar-refractivity contribution in [3.8, 4) is 0 Å². The van der Waals surface area contributed by atoms with Crippen LogP contribution in [0.2, 0.25) is 0 Å². The number of piperidine rings is 1. The molecule has 7 nitrogen and oxygen atoms in total. The maximum atomic E-state index is 13.4. The second-order valence-corrected chi connectivity index (χ2v) is 9.28. The van der Waals surface area contributed by atoms with Crippen LogP contribution in [0.5, 0.6) is 0 Å². The molecule has 3 N–H and O–H groups in total. The molecule has 7 heteroatoms. The van der Waals surface area contributed by atoms with Crippen LogP contribution in [0.25, 0.3) is 0 Å². The molecule has 2 saturated heterocycles. The number of nitrogens with one attached hydrogen (secondary N) is 1. The van der Waals surface area contributed by atoms with Gasteiger partial charge in [0.1, 0.15) is 6.04 Å². The molecule has 3 amide bonds. The summed E-state index contributed by atoms with van der Waals surface area (Å²) >= 11 is 0. The minimum Gasteiger partial charge on any atom is -0.370 e. The number of carbonyl (C=O) groups is 3. The van der Waals surface area contributed by atoms with Gasteiger partial charge in [-0.2, -0.15) is 0 Å². The lowest BCUT2D eigenvalue weighted by atomic mass is 9.92. The zero-order chi connectivity index (χ0) is 20.8. The molecule has 0 aromatic rings. The van der Waals surface area contributed by atoms with E-state index in [9.17, 15) is 14.4 Å². The number of piperazine rings is 1. The van der Waals surface area contributed by atoms with Crippen molar-refractivity contribution < 1.29 is 14.4 Å². The second kappa shape index (κ2) is 10.2. The van der Waals surface area contributed by atoms with E-state index in [4.69, 9.17) is 5.73 Å². The van der Waals surface area contributed by atoms with Gasteiger partial charge in [-0.25, -0.2) is 0 Å². The Hall–Kier alpha value is -1.63. The minimum atomic E-state index is -0.420. The van der Waals surface area contributed by atoms with Gasteiger partial charge in [0.05, 0.1) is 6.04 Å². The summed E-state index contributed by atoms with van der Waals surface area (Å²) in [5.74, 6) is 0.615. The number of rotatable bonds is 8. The Kier molecular flexibility index (Phi) is 8.28. The molecule has 0 spiro atoms. The number of carbonyl (C=O) groups excluding carboxylic acids is 3. The maximum absolute atomic E-state index is 13.4. The van der Waals surface area contributed by atoms with Gasteiger partial charge in [-0.3, -0.25) is 14.4 Å². The molecule has 28 heavy (non-hydrogen) atoms. The highest BCUT2D eigenvalue weighted by Crippen LogP contribution is 2.24. The first-order valence-corrected chi connectivity index (χ1v) is 10.8. The molecule has 2 rings (SSSR count). The SMILES string of the molecule is CC(C)CC1NCCN(C(CC(C)C)C(=O)N2CCCC(CC(N)=O)C2)C1=O. The summed E-state index contributed by atoms with van der Waals surface area (Å²) < 4.78 is 0. The van der Waals surface area contributed by atoms with E-state index in [1.165, 1.54) is 0 Å². The van der Waals surface area contributed by atoms with Gasteiger partial charge in [0.2, 0.25) is 17.7 Å². The minimum absolute atomic E-state index is 0.0291. The number of likely N-dealkylation sites (tertiary alicyclic amines) is 1. The van der Waals surface area contributed by atoms with Crippen LogP contribution in [0.1, 0.15) is 59.8 Å². The van der Waals surface area contributed by atoms with Crippen LogP contribution < -0.4 is 11.1 Å². The summed E-state index contributed by atoms with van der Waals surface area (Å²) in [6.07, 6.45) is 3.56. The zero-order valence-corrected chi connectivity index (χ0v) is 17.9. The third-order valence-corrected chi connectivity index (χ3v) is 5.71. The van der Waals surface area contributed by atoms with Crippen LogP contribution in [0.15, 0.2) is 0 Å². The molecule has 0 radical (unpaired) electrons. The Labute approximate surface area is 169 Å². The highest BCUT2D eigenvalue weighted by molar-refractivity contribution is 5.90. The smallest absolute Gasteiger partial charge is 0.245 e. The predicted octanol–water partition coefficient (Wildman–Crippen LogP) is 1.36. The van der Waals surface area contributed by atoms with E-state index >= 15 is 0 Å². The van der Waals surface area contributed by atoms with Crippen molar-refractivity contribution in [2.45, 2.75) is 71.9 Å². The fourth-order valence-electron chi connectivity index (χ4n) is 4.46. The number of primary amides is 1. The van der Waals surface area contributed by atoms with Crippen molar-refractivity contribution in [2.24, 2.45) is 23.5 Å². The van der Waals surface area contributed by atoms with Crippen LogP contribution in [0.4, 0.5) is 0 Å². The van der Waals surface area contributed by atoms with Crippen molar-refractivity contribution in [1.82, 2.24) is 15.1 Å². The van der Waals surface area contributed by atoms with E-state index in [0.29, 0.717) is 44.3 Å². The lowest BCUT2D eigenvalue weighted by molar-refractivity contribution is -0.150. The summed E-state index contributed by atoms with van der Waals surface area (Å²) in [4.78, 5) is 41.5. The van der Waals surface area contributed by atoms with Crippen molar-refractivity contribution in [3.05, 3.63) is 0 Å². The van der Waals surface area contributed by atoms with Crippen molar-refractivity contribution in [2.75, 3.05) is 26.2 Å². The lowest BCUT2D eigenvalue weighted by Gasteiger charge is -2.42. The van der Waals surface area contributed by atoms with E-state index in [-0.39, 0.29) is 29.7 Å². The van der Waals surface area contributed by atoms with Gasteiger partial charge in [-0.1, -0.05) is 27.7 Å².